The van der Waals surface area contributed by atoms with E-state index < -0.39 is 11.4 Å². The van der Waals surface area contributed by atoms with Crippen molar-refractivity contribution < 1.29 is 23.8 Å². The lowest BCUT2D eigenvalue weighted by molar-refractivity contribution is -0.152. The maximum atomic E-state index is 13.4. The lowest BCUT2D eigenvalue weighted by atomic mass is 9.77. The van der Waals surface area contributed by atoms with Crippen LogP contribution in [0.4, 0.5) is 0 Å². The van der Waals surface area contributed by atoms with Crippen molar-refractivity contribution in [3.63, 3.8) is 0 Å². The van der Waals surface area contributed by atoms with Crippen LogP contribution in [0.25, 0.3) is 0 Å². The second-order valence-corrected chi connectivity index (χ2v) is 6.65. The number of aromatic nitrogens is 1. The molecule has 27 heavy (non-hydrogen) atoms. The molecule has 0 spiro atoms. The Morgan fingerprint density at radius 2 is 1.93 bits per heavy atom. The Bertz CT molecular complexity index is 892. The molecule has 0 radical (unpaired) electrons. The van der Waals surface area contributed by atoms with E-state index in [1.165, 1.54) is 7.11 Å². The molecule has 0 saturated heterocycles. The van der Waals surface area contributed by atoms with Crippen molar-refractivity contribution in [2.24, 2.45) is 5.41 Å². The van der Waals surface area contributed by atoms with Crippen LogP contribution < -0.4 is 9.47 Å². The molecule has 1 aliphatic carbocycles. The molecule has 142 valence electrons. The van der Waals surface area contributed by atoms with Gasteiger partial charge in [0.25, 0.3) is 0 Å². The molecule has 1 aromatic carbocycles. The van der Waals surface area contributed by atoms with Gasteiger partial charge in [0, 0.05) is 18.0 Å². The molecule has 6 nitrogen and oxygen atoms in total. The van der Waals surface area contributed by atoms with Crippen molar-refractivity contribution in [3.8, 4) is 11.5 Å². The molecular formula is C21H23NO5. The minimum absolute atomic E-state index is 0.214. The second kappa shape index (κ2) is 7.39. The van der Waals surface area contributed by atoms with Crippen LogP contribution in [0.1, 0.15) is 34.0 Å². The van der Waals surface area contributed by atoms with Crippen LogP contribution in [0.5, 0.6) is 11.5 Å². The number of rotatable bonds is 6. The van der Waals surface area contributed by atoms with Crippen LogP contribution in [-0.2, 0) is 22.4 Å². The number of methoxy groups -OCH3 is 2. The van der Waals surface area contributed by atoms with Crippen molar-refractivity contribution in [1.29, 1.82) is 0 Å². The Balaban J connectivity index is 2.10. The molecule has 0 aliphatic heterocycles. The number of fused-ring (bicyclic) bond motifs is 1. The highest BCUT2D eigenvalue weighted by Crippen LogP contribution is 2.45. The van der Waals surface area contributed by atoms with Crippen LogP contribution in [-0.4, -0.2) is 37.6 Å². The molecule has 1 heterocycles. The van der Waals surface area contributed by atoms with Gasteiger partial charge in [-0.25, -0.2) is 0 Å². The van der Waals surface area contributed by atoms with Crippen molar-refractivity contribution in [2.45, 2.75) is 26.7 Å². The third-order valence-corrected chi connectivity index (χ3v) is 5.08. The third kappa shape index (κ3) is 3.16. The number of benzene rings is 1. The van der Waals surface area contributed by atoms with Crippen LogP contribution in [0.15, 0.2) is 30.6 Å². The molecular weight excluding hydrogens is 346 g/mol. The first kappa shape index (κ1) is 18.9. The average Bonchev–Trinajstić information content (AvgIpc) is 2.95. The molecule has 0 saturated carbocycles. The van der Waals surface area contributed by atoms with Gasteiger partial charge in [-0.05, 0) is 61.6 Å². The molecule has 0 N–H and O–H groups in total. The predicted octanol–water partition coefficient (Wildman–Crippen LogP) is 2.94. The maximum absolute atomic E-state index is 13.4. The summed E-state index contributed by atoms with van der Waals surface area (Å²) in [6.45, 7) is 3.87. The number of hydrogen-bond donors (Lipinski definition) is 0. The van der Waals surface area contributed by atoms with Crippen molar-refractivity contribution >= 4 is 11.8 Å². The van der Waals surface area contributed by atoms with Gasteiger partial charge in [-0.15, -0.1) is 0 Å². The predicted molar refractivity (Wildman–Crippen MR) is 99.3 cm³/mol. The Kier molecular flexibility index (Phi) is 5.17. The van der Waals surface area contributed by atoms with E-state index in [1.54, 1.807) is 38.6 Å². The monoisotopic (exact) mass is 369 g/mol. The minimum Gasteiger partial charge on any atom is -0.493 e. The number of carbonyl (C=O) groups is 2. The molecule has 0 bridgehead atoms. The lowest BCUT2D eigenvalue weighted by Crippen LogP contribution is -2.41. The first-order valence-electron chi connectivity index (χ1n) is 8.83. The van der Waals surface area contributed by atoms with Gasteiger partial charge in [0.15, 0.2) is 17.3 Å². The Morgan fingerprint density at radius 3 is 2.56 bits per heavy atom. The van der Waals surface area contributed by atoms with Crippen molar-refractivity contribution in [3.05, 3.63) is 52.8 Å². The summed E-state index contributed by atoms with van der Waals surface area (Å²) in [6.07, 6.45) is 3.92. The van der Waals surface area contributed by atoms with E-state index in [4.69, 9.17) is 14.2 Å². The number of pyridine rings is 1. The molecule has 1 unspecified atom stereocenters. The first-order chi connectivity index (χ1) is 13.0. The van der Waals surface area contributed by atoms with Gasteiger partial charge >= 0.3 is 5.97 Å². The first-order valence-corrected chi connectivity index (χ1v) is 8.83. The number of esters is 1. The summed E-state index contributed by atoms with van der Waals surface area (Å²) in [5, 5.41) is 0. The molecule has 1 atom stereocenters. The van der Waals surface area contributed by atoms with E-state index in [2.05, 4.69) is 4.98 Å². The number of Topliss-reactive ketones (excluding diaryl/α,β-unsaturated/α-hetero) is 1. The highest BCUT2D eigenvalue weighted by molar-refractivity contribution is 6.16. The summed E-state index contributed by atoms with van der Waals surface area (Å²) in [5.41, 5.74) is 1.78. The van der Waals surface area contributed by atoms with E-state index in [1.807, 2.05) is 13.0 Å². The van der Waals surface area contributed by atoms with Crippen molar-refractivity contribution in [2.75, 3.05) is 20.8 Å². The molecule has 3 rings (SSSR count). The fourth-order valence-electron chi connectivity index (χ4n) is 3.62. The molecule has 0 amide bonds. The molecule has 0 fully saturated rings. The van der Waals surface area contributed by atoms with Gasteiger partial charge in [-0.3, -0.25) is 14.6 Å². The van der Waals surface area contributed by atoms with E-state index in [0.29, 0.717) is 17.1 Å². The fourth-order valence-corrected chi connectivity index (χ4v) is 3.62. The van der Waals surface area contributed by atoms with Gasteiger partial charge in [-0.2, -0.15) is 0 Å². The zero-order valence-corrected chi connectivity index (χ0v) is 16.0. The van der Waals surface area contributed by atoms with Gasteiger partial charge in [0.05, 0.1) is 20.8 Å². The summed E-state index contributed by atoms with van der Waals surface area (Å²) >= 11 is 0. The second-order valence-electron chi connectivity index (χ2n) is 6.65. The summed E-state index contributed by atoms with van der Waals surface area (Å²) in [4.78, 5) is 30.4. The largest absolute Gasteiger partial charge is 0.493 e. The van der Waals surface area contributed by atoms with Crippen LogP contribution in [0.2, 0.25) is 0 Å². The average molecular weight is 369 g/mol. The highest BCUT2D eigenvalue weighted by atomic mass is 16.5. The van der Waals surface area contributed by atoms with Crippen LogP contribution in [0.3, 0.4) is 0 Å². The highest BCUT2D eigenvalue weighted by Gasteiger charge is 2.53. The van der Waals surface area contributed by atoms with E-state index in [9.17, 15) is 9.59 Å². The number of nitrogens with zero attached hydrogens (tertiary/aromatic N) is 1. The SMILES string of the molecule is CCOC(=O)C1(Cc2ccncc2C)Cc2cc(OC)c(OC)cc2C1=O. The minimum atomic E-state index is -1.29. The number of hydrogen-bond acceptors (Lipinski definition) is 6. The van der Waals surface area contributed by atoms with E-state index in [-0.39, 0.29) is 25.2 Å². The van der Waals surface area contributed by atoms with E-state index >= 15 is 0 Å². The normalized spacial score (nSPS) is 18.1. The van der Waals surface area contributed by atoms with Crippen LogP contribution in [0, 0.1) is 12.3 Å². The summed E-state index contributed by atoms with van der Waals surface area (Å²) in [6, 6.07) is 5.26. The molecule has 6 heteroatoms. The zero-order chi connectivity index (χ0) is 19.6. The van der Waals surface area contributed by atoms with E-state index in [0.717, 1.165) is 16.7 Å². The number of aryl methyl sites for hydroxylation is 1. The van der Waals surface area contributed by atoms with Crippen LogP contribution >= 0.6 is 0 Å². The summed E-state index contributed by atoms with van der Waals surface area (Å²) in [7, 11) is 3.06. The van der Waals surface area contributed by atoms with Gasteiger partial charge in [0.1, 0.15) is 5.41 Å². The Labute approximate surface area is 158 Å². The number of ketones is 1. The number of ether oxygens (including phenoxy) is 3. The number of carbonyl (C=O) groups excluding carboxylic acids is 2. The molecule has 1 aromatic heterocycles. The Morgan fingerprint density at radius 1 is 1.22 bits per heavy atom. The maximum Gasteiger partial charge on any atom is 0.320 e. The topological polar surface area (TPSA) is 74.7 Å². The summed E-state index contributed by atoms with van der Waals surface area (Å²) < 4.78 is 16.0. The van der Waals surface area contributed by atoms with Gasteiger partial charge < -0.3 is 14.2 Å². The standard InChI is InChI=1S/C21H23NO5/c1-5-27-20(24)21(10-14-6-7-22-12-13(14)2)11-15-8-17(25-3)18(26-4)9-16(15)19(21)23/h6-9,12H,5,10-11H2,1-4H3. The van der Waals surface area contributed by atoms with Crippen molar-refractivity contribution in [1.82, 2.24) is 4.98 Å². The fraction of sp³-hybridized carbons (Fsp3) is 0.381. The quantitative estimate of drug-likeness (QED) is 0.576. The smallest absolute Gasteiger partial charge is 0.320 e. The Hall–Kier alpha value is -2.89. The molecule has 2 aromatic rings. The summed E-state index contributed by atoms with van der Waals surface area (Å²) in [5.74, 6) is 0.251. The molecule has 1 aliphatic rings. The third-order valence-electron chi connectivity index (χ3n) is 5.08. The lowest BCUT2D eigenvalue weighted by Gasteiger charge is -2.25. The zero-order valence-electron chi connectivity index (χ0n) is 16.0. The van der Waals surface area contributed by atoms with Gasteiger partial charge in [-0.1, -0.05) is 0 Å². The van der Waals surface area contributed by atoms with Gasteiger partial charge in [0.2, 0.25) is 0 Å².